The van der Waals surface area contributed by atoms with Gasteiger partial charge in [-0.3, -0.25) is 0 Å². The van der Waals surface area contributed by atoms with E-state index in [2.05, 4.69) is 22.6 Å². The molecule has 0 atom stereocenters. The van der Waals surface area contributed by atoms with Crippen LogP contribution in [0.4, 0.5) is 0 Å². The van der Waals surface area contributed by atoms with Gasteiger partial charge < -0.3 is 10.0 Å². The maximum atomic E-state index is 12.2. The summed E-state index contributed by atoms with van der Waals surface area (Å²) in [6.45, 7) is 8.20. The molecule has 0 fully saturated rings. The molecule has 0 radical (unpaired) electrons. The van der Waals surface area contributed by atoms with E-state index in [4.69, 9.17) is 0 Å². The maximum absolute atomic E-state index is 12.2. The third-order valence-corrected chi connectivity index (χ3v) is 3.28. The van der Waals surface area contributed by atoms with E-state index in [1.807, 2.05) is 50.8 Å². The second-order valence-electron chi connectivity index (χ2n) is 4.19. The van der Waals surface area contributed by atoms with Crippen molar-refractivity contribution >= 4 is 22.6 Å². The minimum Gasteiger partial charge on any atom is -0.860 e. The van der Waals surface area contributed by atoms with Gasteiger partial charge in [0.1, 0.15) is 0 Å². The molecular weight excluding hydrogens is 301 g/mol. The zero-order valence-corrected chi connectivity index (χ0v) is 11.8. The molecule has 1 rings (SSSR count). The Balaban J connectivity index is 3.04. The van der Waals surface area contributed by atoms with Gasteiger partial charge >= 0.3 is 0 Å². The van der Waals surface area contributed by atoms with Crippen molar-refractivity contribution in [2.75, 3.05) is 0 Å². The van der Waals surface area contributed by atoms with E-state index in [1.165, 1.54) is 0 Å². The summed E-state index contributed by atoms with van der Waals surface area (Å²) in [5.41, 5.74) is 0.818. The van der Waals surface area contributed by atoms with Gasteiger partial charge in [-0.1, -0.05) is 12.2 Å². The molecule has 0 unspecified atom stereocenters. The number of rotatable bonds is 3. The second kappa shape index (κ2) is 5.05. The van der Waals surface area contributed by atoms with E-state index in [9.17, 15) is 5.11 Å². The van der Waals surface area contributed by atoms with E-state index in [0.717, 1.165) is 9.15 Å². The van der Waals surface area contributed by atoms with Gasteiger partial charge in [0, 0.05) is 15.7 Å². The van der Waals surface area contributed by atoms with Crippen LogP contribution < -0.4 is 5.11 Å². The largest absolute Gasteiger partial charge is 0.860 e. The van der Waals surface area contributed by atoms with Crippen molar-refractivity contribution in [3.8, 4) is 0 Å². The van der Waals surface area contributed by atoms with Gasteiger partial charge in [0.2, 0.25) is 0 Å². The third kappa shape index (κ3) is 2.77. The Morgan fingerprint density at radius 1 is 1.27 bits per heavy atom. The first-order valence-electron chi connectivity index (χ1n) is 5.19. The molecule has 0 bridgehead atoms. The van der Waals surface area contributed by atoms with Gasteiger partial charge in [-0.2, -0.15) is 0 Å². The lowest BCUT2D eigenvalue weighted by Gasteiger charge is -2.39. The number of hydrogen-bond donors (Lipinski definition) is 0. The smallest absolute Gasteiger partial charge is 0.0225 e. The molecule has 3 heteroatoms. The first-order chi connectivity index (χ1) is 6.95. The van der Waals surface area contributed by atoms with E-state index in [1.54, 1.807) is 0 Å². The fourth-order valence-electron chi connectivity index (χ4n) is 1.78. The van der Waals surface area contributed by atoms with Gasteiger partial charge in [0.05, 0.1) is 0 Å². The summed E-state index contributed by atoms with van der Waals surface area (Å²) in [6.07, 6.45) is 5.78. The highest BCUT2D eigenvalue weighted by atomic mass is 127. The van der Waals surface area contributed by atoms with Crippen LogP contribution in [0.2, 0.25) is 0 Å². The summed E-state index contributed by atoms with van der Waals surface area (Å²) < 4.78 is 1.03. The van der Waals surface area contributed by atoms with Crippen LogP contribution in [0, 0.1) is 0 Å². The molecule has 0 saturated heterocycles. The van der Waals surface area contributed by atoms with E-state index in [0.29, 0.717) is 0 Å². The predicted molar refractivity (Wildman–Crippen MR) is 70.4 cm³/mol. The van der Waals surface area contributed by atoms with Crippen molar-refractivity contribution in [3.05, 3.63) is 33.3 Å². The monoisotopic (exact) mass is 318 g/mol. The minimum absolute atomic E-state index is 0.134. The van der Waals surface area contributed by atoms with E-state index < -0.39 is 0 Å². The lowest BCUT2D eigenvalue weighted by atomic mass is 10.2. The maximum Gasteiger partial charge on any atom is 0.0225 e. The summed E-state index contributed by atoms with van der Waals surface area (Å²) in [4.78, 5) is 1.91. The van der Waals surface area contributed by atoms with Gasteiger partial charge in [-0.05, 0) is 67.8 Å². The van der Waals surface area contributed by atoms with E-state index in [-0.39, 0.29) is 18.0 Å². The molecule has 0 N–H and O–H groups in total. The molecule has 0 aliphatic heterocycles. The molecule has 0 amide bonds. The lowest BCUT2D eigenvalue weighted by Crippen LogP contribution is -2.41. The minimum atomic E-state index is 0.134. The number of allylic oxidation sites excluding steroid dienone is 5. The van der Waals surface area contributed by atoms with Crippen LogP contribution >= 0.6 is 22.6 Å². The summed E-state index contributed by atoms with van der Waals surface area (Å²) in [5, 5.41) is 12.2. The molecule has 0 heterocycles. The Hall–Kier alpha value is -0.450. The molecule has 84 valence electrons. The molecular formula is C12H17INO-. The molecule has 0 aromatic heterocycles. The van der Waals surface area contributed by atoms with Crippen molar-refractivity contribution < 1.29 is 5.11 Å². The first kappa shape index (κ1) is 12.6. The van der Waals surface area contributed by atoms with Gasteiger partial charge in [-0.15, -0.1) is 0 Å². The Labute approximate surface area is 105 Å². The van der Waals surface area contributed by atoms with Crippen LogP contribution in [0.25, 0.3) is 0 Å². The number of hydrogen-bond acceptors (Lipinski definition) is 2. The SMILES string of the molecule is CC(C)N(/C([O-])=C1\C=CC=C1I)C(C)C. The van der Waals surface area contributed by atoms with Gasteiger partial charge in [0.25, 0.3) is 0 Å². The van der Waals surface area contributed by atoms with Crippen LogP contribution in [-0.4, -0.2) is 17.0 Å². The van der Waals surface area contributed by atoms with Gasteiger partial charge in [0.15, 0.2) is 0 Å². The molecule has 2 nitrogen and oxygen atoms in total. The van der Waals surface area contributed by atoms with Crippen LogP contribution in [-0.2, 0) is 0 Å². The Bertz CT molecular complexity index is 319. The lowest BCUT2D eigenvalue weighted by molar-refractivity contribution is -0.338. The van der Waals surface area contributed by atoms with Gasteiger partial charge in [-0.25, -0.2) is 0 Å². The quantitative estimate of drug-likeness (QED) is 0.590. The van der Waals surface area contributed by atoms with Crippen molar-refractivity contribution in [1.82, 2.24) is 4.90 Å². The zero-order valence-electron chi connectivity index (χ0n) is 9.62. The van der Waals surface area contributed by atoms with Crippen molar-refractivity contribution in [1.29, 1.82) is 0 Å². The molecule has 0 spiro atoms. The molecule has 0 aromatic carbocycles. The van der Waals surface area contributed by atoms with Crippen LogP contribution in [0.1, 0.15) is 27.7 Å². The highest BCUT2D eigenvalue weighted by molar-refractivity contribution is 14.1. The summed E-state index contributed by atoms with van der Waals surface area (Å²) in [7, 11) is 0. The van der Waals surface area contributed by atoms with Crippen LogP contribution in [0.3, 0.4) is 0 Å². The Morgan fingerprint density at radius 2 is 1.80 bits per heavy atom. The highest BCUT2D eigenvalue weighted by Crippen LogP contribution is 2.28. The standard InChI is InChI=1S/C12H18INO/c1-8(2)14(9(3)4)12(15)10-6-5-7-11(10)13/h5-9,15H,1-4H3/p-1/b12-10-. The predicted octanol–water partition coefficient (Wildman–Crippen LogP) is 2.57. The molecule has 1 aliphatic carbocycles. The Kier molecular flexibility index (Phi) is 4.25. The van der Waals surface area contributed by atoms with E-state index >= 15 is 0 Å². The third-order valence-electron chi connectivity index (χ3n) is 2.34. The fourth-order valence-corrected chi connectivity index (χ4v) is 2.39. The van der Waals surface area contributed by atoms with Crippen molar-refractivity contribution in [2.24, 2.45) is 0 Å². The normalized spacial score (nSPS) is 18.7. The molecule has 0 saturated carbocycles. The summed E-state index contributed by atoms with van der Waals surface area (Å²) in [5.74, 6) is 0.134. The number of halogens is 1. The number of nitrogens with zero attached hydrogens (tertiary/aromatic N) is 1. The van der Waals surface area contributed by atoms with Crippen LogP contribution in [0.5, 0.6) is 0 Å². The molecule has 1 aliphatic rings. The zero-order chi connectivity index (χ0) is 11.6. The molecule has 15 heavy (non-hydrogen) atoms. The summed E-state index contributed by atoms with van der Waals surface area (Å²) >= 11 is 2.20. The first-order valence-corrected chi connectivity index (χ1v) is 6.27. The summed E-state index contributed by atoms with van der Waals surface area (Å²) in [6, 6.07) is 0.478. The highest BCUT2D eigenvalue weighted by Gasteiger charge is 2.14. The fraction of sp³-hybridized carbons (Fsp3) is 0.500. The second-order valence-corrected chi connectivity index (χ2v) is 5.35. The van der Waals surface area contributed by atoms with Crippen molar-refractivity contribution in [2.45, 2.75) is 39.8 Å². The average Bonchev–Trinajstić information content (AvgIpc) is 2.49. The molecule has 0 aromatic rings. The van der Waals surface area contributed by atoms with Crippen LogP contribution in [0.15, 0.2) is 33.3 Å². The average molecular weight is 318 g/mol. The van der Waals surface area contributed by atoms with Crippen molar-refractivity contribution in [3.63, 3.8) is 0 Å². The Morgan fingerprint density at radius 3 is 2.13 bits per heavy atom. The topological polar surface area (TPSA) is 26.3 Å².